The Balaban J connectivity index is 1.46. The second-order valence-electron chi connectivity index (χ2n) is 7.60. The predicted octanol–water partition coefficient (Wildman–Crippen LogP) is 4.10. The van der Waals surface area contributed by atoms with Crippen LogP contribution in [0.25, 0.3) is 0 Å². The Hall–Kier alpha value is -2.62. The van der Waals surface area contributed by atoms with Crippen molar-refractivity contribution in [1.82, 2.24) is 9.88 Å². The van der Waals surface area contributed by atoms with Crippen LogP contribution >= 0.6 is 0 Å². The number of benzene rings is 1. The number of nitrogens with one attached hydrogen (secondary N) is 1. The maximum atomic E-state index is 12.9. The highest BCUT2D eigenvalue weighted by molar-refractivity contribution is 7.92. The van der Waals surface area contributed by atoms with Crippen molar-refractivity contribution in [2.45, 2.75) is 54.2 Å². The third kappa shape index (κ3) is 3.88. The summed E-state index contributed by atoms with van der Waals surface area (Å²) >= 11 is 0. The van der Waals surface area contributed by atoms with Crippen LogP contribution in [0.1, 0.15) is 31.2 Å². The van der Waals surface area contributed by atoms with E-state index in [-0.39, 0.29) is 22.8 Å². The van der Waals surface area contributed by atoms with Crippen molar-refractivity contribution >= 4 is 21.6 Å². The summed E-state index contributed by atoms with van der Waals surface area (Å²) in [6.07, 6.45) is -0.985. The fraction of sp³-hybridized carbons (Fsp3) is 0.400. The molecular weight excluding hydrogens is 419 g/mol. The largest absolute Gasteiger partial charge is 0.416 e. The minimum Gasteiger partial charge on any atom is -0.318 e. The second kappa shape index (κ2) is 7.57. The number of piperidine rings is 1. The molecule has 2 atom stereocenters. The van der Waals surface area contributed by atoms with Gasteiger partial charge in [-0.3, -0.25) is 0 Å². The molecule has 2 unspecified atom stereocenters. The number of carbonyl (C=O) groups is 1. The molecule has 30 heavy (non-hydrogen) atoms. The summed E-state index contributed by atoms with van der Waals surface area (Å²) in [5.41, 5.74) is -0.531. The van der Waals surface area contributed by atoms with Crippen molar-refractivity contribution in [2.24, 2.45) is 0 Å². The van der Waals surface area contributed by atoms with Crippen molar-refractivity contribution in [3.05, 3.63) is 54.2 Å². The van der Waals surface area contributed by atoms with Gasteiger partial charge in [-0.15, -0.1) is 0 Å². The lowest BCUT2D eigenvalue weighted by Crippen LogP contribution is -2.51. The van der Waals surface area contributed by atoms with Gasteiger partial charge >= 0.3 is 12.2 Å². The molecule has 10 heteroatoms. The van der Waals surface area contributed by atoms with Crippen LogP contribution in [0.2, 0.25) is 0 Å². The highest BCUT2D eigenvalue weighted by atomic mass is 32.2. The smallest absolute Gasteiger partial charge is 0.318 e. The van der Waals surface area contributed by atoms with E-state index in [4.69, 9.17) is 0 Å². The Labute approximate surface area is 172 Å². The average molecular weight is 439 g/mol. The third-order valence-corrected chi connectivity index (χ3v) is 7.84. The van der Waals surface area contributed by atoms with E-state index in [0.29, 0.717) is 25.7 Å². The summed E-state index contributed by atoms with van der Waals surface area (Å²) in [6.45, 7) is 0. The molecule has 6 nitrogen and oxygen atoms in total. The summed E-state index contributed by atoms with van der Waals surface area (Å²) in [4.78, 5) is 18.4. The quantitative estimate of drug-likeness (QED) is 0.781. The summed E-state index contributed by atoms with van der Waals surface area (Å²) in [5.74, 6) is 0. The van der Waals surface area contributed by atoms with Crippen LogP contribution in [0.5, 0.6) is 0 Å². The molecule has 2 aromatic rings. The minimum atomic E-state index is -4.44. The number of halogens is 3. The van der Waals surface area contributed by atoms with Gasteiger partial charge in [-0.2, -0.15) is 13.2 Å². The van der Waals surface area contributed by atoms with Gasteiger partial charge in [-0.1, -0.05) is 6.07 Å². The van der Waals surface area contributed by atoms with Crippen molar-refractivity contribution in [3.8, 4) is 0 Å². The van der Waals surface area contributed by atoms with E-state index in [0.717, 1.165) is 12.1 Å². The number of fused-ring (bicyclic) bond motifs is 2. The monoisotopic (exact) mass is 439 g/mol. The molecule has 2 aliphatic heterocycles. The first-order valence-corrected chi connectivity index (χ1v) is 11.1. The van der Waals surface area contributed by atoms with Crippen LogP contribution in [0.15, 0.2) is 53.7 Å². The molecule has 1 aromatic heterocycles. The van der Waals surface area contributed by atoms with Crippen molar-refractivity contribution in [1.29, 1.82) is 0 Å². The maximum absolute atomic E-state index is 12.9. The van der Waals surface area contributed by atoms with Crippen molar-refractivity contribution < 1.29 is 26.4 Å². The molecule has 2 bridgehead atoms. The number of urea groups is 1. The zero-order valence-corrected chi connectivity index (χ0v) is 16.7. The van der Waals surface area contributed by atoms with Gasteiger partial charge in [-0.05, 0) is 62.1 Å². The molecular formula is C20H20F3N3O3S. The van der Waals surface area contributed by atoms with Gasteiger partial charge in [0.15, 0.2) is 14.9 Å². The van der Waals surface area contributed by atoms with Gasteiger partial charge in [-0.25, -0.2) is 18.2 Å². The summed E-state index contributed by atoms with van der Waals surface area (Å²) in [7, 11) is -3.59. The van der Waals surface area contributed by atoms with Gasteiger partial charge < -0.3 is 10.2 Å². The number of pyridine rings is 1. The molecule has 0 aliphatic carbocycles. The SMILES string of the molecule is O=C(Nc1ccc(C(F)(F)F)cc1)N1C2CCC1CC(S(=O)(=O)c1ccccn1)C2. The summed E-state index contributed by atoms with van der Waals surface area (Å²) < 4.78 is 63.9. The molecule has 4 rings (SSSR count). The molecule has 0 spiro atoms. The first-order chi connectivity index (χ1) is 14.2. The molecule has 160 valence electrons. The van der Waals surface area contributed by atoms with E-state index in [1.807, 2.05) is 0 Å². The van der Waals surface area contributed by atoms with Gasteiger partial charge in [0.1, 0.15) is 0 Å². The minimum absolute atomic E-state index is 0.0389. The van der Waals surface area contributed by atoms with E-state index < -0.39 is 32.9 Å². The fourth-order valence-electron chi connectivity index (χ4n) is 4.33. The zero-order chi connectivity index (χ0) is 21.5. The first kappa shape index (κ1) is 20.6. The molecule has 0 saturated carbocycles. The molecule has 2 amide bonds. The number of anilines is 1. The fourth-order valence-corrected chi connectivity index (χ4v) is 6.10. The lowest BCUT2D eigenvalue weighted by Gasteiger charge is -2.38. The number of carbonyl (C=O) groups excluding carboxylic acids is 1. The normalized spacial score (nSPS) is 24.0. The number of rotatable bonds is 3. The molecule has 0 radical (unpaired) electrons. The number of hydrogen-bond donors (Lipinski definition) is 1. The van der Waals surface area contributed by atoms with E-state index in [1.165, 1.54) is 24.4 Å². The molecule has 2 aliphatic rings. The Morgan fingerprint density at radius 1 is 1.03 bits per heavy atom. The maximum Gasteiger partial charge on any atom is 0.416 e. The van der Waals surface area contributed by atoms with Crippen molar-refractivity contribution in [3.63, 3.8) is 0 Å². The molecule has 3 heterocycles. The number of hydrogen-bond acceptors (Lipinski definition) is 4. The third-order valence-electron chi connectivity index (χ3n) is 5.76. The van der Waals surface area contributed by atoms with Gasteiger partial charge in [0.25, 0.3) is 0 Å². The topological polar surface area (TPSA) is 79.4 Å². The average Bonchev–Trinajstić information content (AvgIpc) is 2.98. The van der Waals surface area contributed by atoms with Gasteiger partial charge in [0, 0.05) is 24.0 Å². The lowest BCUT2D eigenvalue weighted by molar-refractivity contribution is -0.137. The van der Waals surface area contributed by atoms with E-state index >= 15 is 0 Å². The van der Waals surface area contributed by atoms with E-state index in [2.05, 4.69) is 10.3 Å². The van der Waals surface area contributed by atoms with Crippen molar-refractivity contribution in [2.75, 3.05) is 5.32 Å². The lowest BCUT2D eigenvalue weighted by atomic mass is 10.0. The van der Waals surface area contributed by atoms with Gasteiger partial charge in [0.2, 0.25) is 0 Å². The number of nitrogens with zero attached hydrogens (tertiary/aromatic N) is 2. The number of sulfone groups is 1. The highest BCUT2D eigenvalue weighted by Gasteiger charge is 2.47. The Kier molecular flexibility index (Phi) is 5.21. The Bertz CT molecular complexity index is 1010. The molecule has 2 fully saturated rings. The molecule has 1 aromatic carbocycles. The van der Waals surface area contributed by atoms with E-state index in [1.54, 1.807) is 17.0 Å². The standard InChI is InChI=1S/C20H20F3N3O3S/c21-20(22,23)13-4-6-14(7-5-13)25-19(27)26-15-8-9-16(26)12-17(11-15)30(28,29)18-3-1-2-10-24-18/h1-7,10,15-17H,8-9,11-12H2,(H,25,27). The summed E-state index contributed by atoms with van der Waals surface area (Å²) in [6, 6.07) is 8.10. The highest BCUT2D eigenvalue weighted by Crippen LogP contribution is 2.40. The van der Waals surface area contributed by atoms with Crippen LogP contribution in [-0.4, -0.2) is 41.7 Å². The van der Waals surface area contributed by atoms with Crippen LogP contribution in [-0.2, 0) is 16.0 Å². The Morgan fingerprint density at radius 2 is 1.67 bits per heavy atom. The number of aromatic nitrogens is 1. The first-order valence-electron chi connectivity index (χ1n) is 9.58. The summed E-state index contributed by atoms with van der Waals surface area (Å²) in [5, 5.41) is 2.06. The number of amides is 2. The van der Waals surface area contributed by atoms with Gasteiger partial charge in [0.05, 0.1) is 10.8 Å². The molecule has 1 N–H and O–H groups in total. The Morgan fingerprint density at radius 3 is 2.20 bits per heavy atom. The van der Waals surface area contributed by atoms with E-state index in [9.17, 15) is 26.4 Å². The van der Waals surface area contributed by atoms with Crippen LogP contribution < -0.4 is 5.32 Å². The molecule has 2 saturated heterocycles. The second-order valence-corrected chi connectivity index (χ2v) is 9.78. The van der Waals surface area contributed by atoms with Crippen LogP contribution in [0, 0.1) is 0 Å². The predicted molar refractivity (Wildman–Crippen MR) is 104 cm³/mol. The number of alkyl halides is 3. The van der Waals surface area contributed by atoms with Crippen LogP contribution in [0.3, 0.4) is 0 Å². The zero-order valence-electron chi connectivity index (χ0n) is 15.8. The van der Waals surface area contributed by atoms with Crippen LogP contribution in [0.4, 0.5) is 23.7 Å².